The van der Waals surface area contributed by atoms with Crippen LogP contribution in [-0.4, -0.2) is 42.8 Å². The van der Waals surface area contributed by atoms with Crippen LogP contribution in [-0.2, 0) is 10.0 Å². The second-order valence-corrected chi connectivity index (χ2v) is 9.88. The summed E-state index contributed by atoms with van der Waals surface area (Å²) in [5.74, 6) is 0.246. The first kappa shape index (κ1) is 20.5. The molecule has 0 bridgehead atoms. The number of hydrogen-bond donors (Lipinski definition) is 1. The van der Waals surface area contributed by atoms with Crippen LogP contribution in [0.25, 0.3) is 22.0 Å². The van der Waals surface area contributed by atoms with Crippen molar-refractivity contribution in [1.29, 1.82) is 0 Å². The number of nitrogens with two attached hydrogens (primary N) is 1. The molecule has 5 rings (SSSR count). The van der Waals surface area contributed by atoms with E-state index < -0.39 is 10.0 Å². The highest BCUT2D eigenvalue weighted by Crippen LogP contribution is 2.33. The van der Waals surface area contributed by atoms with Gasteiger partial charge < -0.3 is 10.6 Å². The van der Waals surface area contributed by atoms with Gasteiger partial charge in [0, 0.05) is 41.7 Å². The molecule has 0 atom stereocenters. The van der Waals surface area contributed by atoms with E-state index in [1.807, 2.05) is 48.5 Å². The third-order valence-corrected chi connectivity index (χ3v) is 7.69. The van der Waals surface area contributed by atoms with Gasteiger partial charge in [0.05, 0.1) is 10.4 Å². The normalized spacial score (nSPS) is 14.5. The molecule has 1 aromatic heterocycles. The van der Waals surface area contributed by atoms with Crippen molar-refractivity contribution in [2.45, 2.75) is 4.90 Å². The smallest absolute Gasteiger partial charge is 0.268 e. The van der Waals surface area contributed by atoms with E-state index in [9.17, 15) is 13.2 Å². The zero-order chi connectivity index (χ0) is 22.3. The van der Waals surface area contributed by atoms with Crippen molar-refractivity contribution in [3.63, 3.8) is 0 Å². The number of nitrogens with zero attached hydrogens (tertiary/aromatic N) is 2. The number of rotatable bonds is 5. The molecule has 3 aromatic carbocycles. The lowest BCUT2D eigenvalue weighted by atomic mass is 9.99. The summed E-state index contributed by atoms with van der Waals surface area (Å²) in [7, 11) is -3.84. The van der Waals surface area contributed by atoms with Crippen LogP contribution in [0.1, 0.15) is 10.4 Å². The average Bonchev–Trinajstić information content (AvgIpc) is 3.20. The lowest BCUT2D eigenvalue weighted by Crippen LogP contribution is -2.52. The molecule has 1 fully saturated rings. The van der Waals surface area contributed by atoms with E-state index in [1.54, 1.807) is 29.3 Å². The molecule has 2 N–H and O–H groups in total. The van der Waals surface area contributed by atoms with Gasteiger partial charge in [0.25, 0.3) is 15.9 Å². The summed E-state index contributed by atoms with van der Waals surface area (Å²) in [6.45, 7) is 1.86. The van der Waals surface area contributed by atoms with E-state index >= 15 is 0 Å². The van der Waals surface area contributed by atoms with E-state index in [0.29, 0.717) is 36.6 Å². The third-order valence-electron chi connectivity index (χ3n) is 6.00. The van der Waals surface area contributed by atoms with Crippen LogP contribution in [0.3, 0.4) is 0 Å². The molecule has 1 aliphatic rings. The molecule has 0 saturated carbocycles. The van der Waals surface area contributed by atoms with Gasteiger partial charge in [0.1, 0.15) is 0 Å². The number of para-hydroxylation sites is 1. The van der Waals surface area contributed by atoms with Gasteiger partial charge in [-0.15, -0.1) is 0 Å². The standard InChI is InChI=1S/C25H23N3O3S/c26-14-18-15-27(16-18)25(29)20-10-12-21(13-11-20)32(30,31)28-17-23(19-6-2-1-3-7-19)22-8-4-5-9-24(22)28/h1-13,17-18H,14-16,26H2. The first-order valence-electron chi connectivity index (χ1n) is 10.5. The lowest BCUT2D eigenvalue weighted by molar-refractivity contribution is 0.0515. The highest BCUT2D eigenvalue weighted by Gasteiger charge is 2.30. The molecule has 1 aliphatic heterocycles. The van der Waals surface area contributed by atoms with Crippen LogP contribution in [0.4, 0.5) is 0 Å². The predicted molar refractivity (Wildman–Crippen MR) is 125 cm³/mol. The predicted octanol–water partition coefficient (Wildman–Crippen LogP) is 3.58. The molecular weight excluding hydrogens is 422 g/mol. The Labute approximate surface area is 186 Å². The molecule has 0 spiro atoms. The van der Waals surface area contributed by atoms with E-state index in [-0.39, 0.29) is 10.8 Å². The van der Waals surface area contributed by atoms with Gasteiger partial charge in [-0.1, -0.05) is 48.5 Å². The van der Waals surface area contributed by atoms with Crippen LogP contribution in [0.15, 0.2) is 90.0 Å². The molecule has 4 aromatic rings. The number of carbonyl (C=O) groups is 1. The molecular formula is C25H23N3O3S. The highest BCUT2D eigenvalue weighted by molar-refractivity contribution is 7.90. The summed E-state index contributed by atoms with van der Waals surface area (Å²) in [6, 6.07) is 23.3. The zero-order valence-corrected chi connectivity index (χ0v) is 18.2. The monoisotopic (exact) mass is 445 g/mol. The van der Waals surface area contributed by atoms with Crippen LogP contribution in [0, 0.1) is 5.92 Å². The van der Waals surface area contributed by atoms with Gasteiger partial charge in [-0.3, -0.25) is 4.79 Å². The van der Waals surface area contributed by atoms with Crippen LogP contribution in [0.2, 0.25) is 0 Å². The Balaban J connectivity index is 1.51. The molecule has 0 aliphatic carbocycles. The van der Waals surface area contributed by atoms with Gasteiger partial charge in [-0.05, 0) is 42.4 Å². The van der Waals surface area contributed by atoms with Crippen LogP contribution in [0.5, 0.6) is 0 Å². The van der Waals surface area contributed by atoms with Crippen molar-refractivity contribution < 1.29 is 13.2 Å². The molecule has 162 valence electrons. The molecule has 0 radical (unpaired) electrons. The summed E-state index contributed by atoms with van der Waals surface area (Å²) in [5, 5.41) is 0.862. The second-order valence-electron chi connectivity index (χ2n) is 8.06. The maximum Gasteiger partial charge on any atom is 0.268 e. The Hall–Kier alpha value is -3.42. The van der Waals surface area contributed by atoms with E-state index in [0.717, 1.165) is 16.5 Å². The third kappa shape index (κ3) is 3.39. The maximum atomic E-state index is 13.5. The first-order valence-corrected chi connectivity index (χ1v) is 11.9. The minimum Gasteiger partial charge on any atom is -0.338 e. The van der Waals surface area contributed by atoms with Gasteiger partial charge in [0.15, 0.2) is 0 Å². The van der Waals surface area contributed by atoms with Crippen LogP contribution >= 0.6 is 0 Å². The second kappa shape index (κ2) is 7.93. The summed E-state index contributed by atoms with van der Waals surface area (Å²) in [4.78, 5) is 14.5. The maximum absolute atomic E-state index is 13.5. The Kier molecular flexibility index (Phi) is 5.07. The fraction of sp³-hybridized carbons (Fsp3) is 0.160. The van der Waals surface area contributed by atoms with Gasteiger partial charge in [-0.25, -0.2) is 12.4 Å². The first-order chi connectivity index (χ1) is 15.5. The van der Waals surface area contributed by atoms with Crippen molar-refractivity contribution in [1.82, 2.24) is 8.87 Å². The minimum absolute atomic E-state index is 0.101. The molecule has 32 heavy (non-hydrogen) atoms. The number of amides is 1. The topological polar surface area (TPSA) is 85.4 Å². The number of carbonyl (C=O) groups excluding carboxylic acids is 1. The Bertz CT molecular complexity index is 1390. The number of hydrogen-bond acceptors (Lipinski definition) is 4. The Morgan fingerprint density at radius 1 is 0.906 bits per heavy atom. The number of aromatic nitrogens is 1. The zero-order valence-electron chi connectivity index (χ0n) is 17.4. The van der Waals surface area contributed by atoms with Crippen LogP contribution < -0.4 is 5.73 Å². The number of likely N-dealkylation sites (tertiary alicyclic amines) is 1. The van der Waals surface area contributed by atoms with E-state index in [2.05, 4.69) is 0 Å². The molecule has 1 saturated heterocycles. The number of fused-ring (bicyclic) bond motifs is 1. The Morgan fingerprint density at radius 2 is 1.56 bits per heavy atom. The summed E-state index contributed by atoms with van der Waals surface area (Å²) in [6.07, 6.45) is 1.67. The molecule has 7 heteroatoms. The van der Waals surface area contributed by atoms with Crippen molar-refractivity contribution in [2.75, 3.05) is 19.6 Å². The van der Waals surface area contributed by atoms with Crippen molar-refractivity contribution in [2.24, 2.45) is 11.7 Å². The van der Waals surface area contributed by atoms with Crippen molar-refractivity contribution >= 4 is 26.8 Å². The quantitative estimate of drug-likeness (QED) is 0.509. The molecule has 0 unspecified atom stereocenters. The highest BCUT2D eigenvalue weighted by atomic mass is 32.2. The Morgan fingerprint density at radius 3 is 2.25 bits per heavy atom. The van der Waals surface area contributed by atoms with Crippen molar-refractivity contribution in [3.8, 4) is 11.1 Å². The fourth-order valence-electron chi connectivity index (χ4n) is 4.15. The number of benzene rings is 3. The fourth-order valence-corrected chi connectivity index (χ4v) is 5.52. The lowest BCUT2D eigenvalue weighted by Gasteiger charge is -2.38. The van der Waals surface area contributed by atoms with Gasteiger partial charge >= 0.3 is 0 Å². The largest absolute Gasteiger partial charge is 0.338 e. The molecule has 6 nitrogen and oxygen atoms in total. The minimum atomic E-state index is -3.84. The summed E-state index contributed by atoms with van der Waals surface area (Å²) < 4.78 is 28.3. The molecule has 1 amide bonds. The van der Waals surface area contributed by atoms with E-state index in [4.69, 9.17) is 5.73 Å². The van der Waals surface area contributed by atoms with Gasteiger partial charge in [-0.2, -0.15) is 0 Å². The summed E-state index contributed by atoms with van der Waals surface area (Å²) >= 11 is 0. The average molecular weight is 446 g/mol. The van der Waals surface area contributed by atoms with Gasteiger partial charge in [0.2, 0.25) is 0 Å². The van der Waals surface area contributed by atoms with E-state index in [1.165, 1.54) is 16.1 Å². The summed E-state index contributed by atoms with van der Waals surface area (Å²) in [5.41, 5.74) is 8.51. The molecule has 2 heterocycles. The van der Waals surface area contributed by atoms with Crippen molar-refractivity contribution in [3.05, 3.63) is 90.6 Å². The SMILES string of the molecule is NCC1CN(C(=O)c2ccc(S(=O)(=O)n3cc(-c4ccccc4)c4ccccc43)cc2)C1.